The molecule has 1 heterocycles. The number of carbonyl (C=O) groups excluding carboxylic acids is 1. The molecule has 0 N–H and O–H groups in total. The van der Waals surface area contributed by atoms with Crippen LogP contribution in [0.15, 0.2) is 42.6 Å². The topological polar surface area (TPSA) is 48.4 Å². The summed E-state index contributed by atoms with van der Waals surface area (Å²) in [5.74, 6) is 1.14. The molecule has 0 spiro atoms. The van der Waals surface area contributed by atoms with E-state index in [2.05, 4.69) is 4.98 Å². The number of nitrogens with zero attached hydrogens (tertiary/aromatic N) is 1. The third-order valence-corrected chi connectivity index (χ3v) is 2.33. The number of carbonyl (C=O) groups is 1. The summed E-state index contributed by atoms with van der Waals surface area (Å²) in [7, 11) is 1.65. The van der Waals surface area contributed by atoms with Gasteiger partial charge in [0.2, 0.25) is 5.88 Å². The van der Waals surface area contributed by atoms with Gasteiger partial charge in [-0.3, -0.25) is 4.79 Å². The van der Waals surface area contributed by atoms with E-state index in [1.54, 1.807) is 19.2 Å². The summed E-state index contributed by atoms with van der Waals surface area (Å²) in [6, 6.07) is 10.9. The van der Waals surface area contributed by atoms with Crippen molar-refractivity contribution in [2.45, 2.75) is 6.61 Å². The SMILES string of the molecule is COCc1cccc(Oc2ccc(C=O)cn2)c1. The first-order valence-corrected chi connectivity index (χ1v) is 5.49. The highest BCUT2D eigenvalue weighted by atomic mass is 16.5. The zero-order valence-corrected chi connectivity index (χ0v) is 10.00. The molecule has 2 rings (SSSR count). The van der Waals surface area contributed by atoms with Gasteiger partial charge in [-0.1, -0.05) is 12.1 Å². The summed E-state index contributed by atoms with van der Waals surface area (Å²) in [5.41, 5.74) is 1.55. The molecular formula is C14H13NO3. The van der Waals surface area contributed by atoms with Gasteiger partial charge in [-0.05, 0) is 23.8 Å². The molecule has 0 radical (unpaired) electrons. The molecule has 0 aliphatic heterocycles. The van der Waals surface area contributed by atoms with Crippen molar-refractivity contribution < 1.29 is 14.3 Å². The van der Waals surface area contributed by atoms with E-state index >= 15 is 0 Å². The van der Waals surface area contributed by atoms with Gasteiger partial charge in [0.1, 0.15) is 5.75 Å². The van der Waals surface area contributed by atoms with Gasteiger partial charge >= 0.3 is 0 Å². The molecule has 0 bridgehead atoms. The highest BCUT2D eigenvalue weighted by molar-refractivity contribution is 5.74. The standard InChI is InChI=1S/C14H13NO3/c1-17-10-11-3-2-4-13(7-11)18-14-6-5-12(9-16)8-15-14/h2-9H,10H2,1H3. The Morgan fingerprint density at radius 2 is 2.17 bits per heavy atom. The van der Waals surface area contributed by atoms with Gasteiger partial charge < -0.3 is 9.47 Å². The third kappa shape index (κ3) is 3.15. The van der Waals surface area contributed by atoms with Crippen LogP contribution in [0, 0.1) is 0 Å². The molecule has 1 aromatic heterocycles. The predicted octanol–water partition coefficient (Wildman–Crippen LogP) is 2.83. The lowest BCUT2D eigenvalue weighted by Gasteiger charge is -2.06. The van der Waals surface area contributed by atoms with Crippen LogP contribution < -0.4 is 4.74 Å². The molecule has 18 heavy (non-hydrogen) atoms. The number of aldehydes is 1. The summed E-state index contributed by atoms with van der Waals surface area (Å²) >= 11 is 0. The molecule has 4 heteroatoms. The van der Waals surface area contributed by atoms with Crippen molar-refractivity contribution in [3.05, 3.63) is 53.7 Å². The third-order valence-electron chi connectivity index (χ3n) is 2.33. The minimum absolute atomic E-state index is 0.454. The van der Waals surface area contributed by atoms with Gasteiger partial charge in [-0.25, -0.2) is 4.98 Å². The molecule has 0 aliphatic rings. The van der Waals surface area contributed by atoms with Gasteiger partial charge in [-0.15, -0.1) is 0 Å². The van der Waals surface area contributed by atoms with E-state index in [4.69, 9.17) is 9.47 Å². The zero-order chi connectivity index (χ0) is 12.8. The van der Waals surface area contributed by atoms with Crippen LogP contribution in [0.4, 0.5) is 0 Å². The van der Waals surface area contributed by atoms with E-state index in [0.29, 0.717) is 23.8 Å². The Morgan fingerprint density at radius 3 is 2.83 bits per heavy atom. The molecule has 0 fully saturated rings. The number of benzene rings is 1. The minimum atomic E-state index is 0.454. The van der Waals surface area contributed by atoms with Crippen molar-refractivity contribution in [3.8, 4) is 11.6 Å². The first-order valence-electron chi connectivity index (χ1n) is 5.49. The van der Waals surface area contributed by atoms with E-state index < -0.39 is 0 Å². The average Bonchev–Trinajstić information content (AvgIpc) is 2.40. The summed E-state index contributed by atoms with van der Waals surface area (Å²) in [6.07, 6.45) is 2.22. The quantitative estimate of drug-likeness (QED) is 0.757. The minimum Gasteiger partial charge on any atom is -0.439 e. The van der Waals surface area contributed by atoms with Crippen LogP contribution in [0.5, 0.6) is 11.6 Å². The number of rotatable bonds is 5. The first-order chi connectivity index (χ1) is 8.81. The highest BCUT2D eigenvalue weighted by Gasteiger charge is 2.00. The Hall–Kier alpha value is -2.20. The molecule has 4 nitrogen and oxygen atoms in total. The molecular weight excluding hydrogens is 230 g/mol. The van der Waals surface area contributed by atoms with Gasteiger partial charge in [0.05, 0.1) is 6.61 Å². The monoisotopic (exact) mass is 243 g/mol. The fourth-order valence-electron chi connectivity index (χ4n) is 1.51. The molecule has 1 aromatic carbocycles. The van der Waals surface area contributed by atoms with Crippen LogP contribution in [-0.4, -0.2) is 18.4 Å². The second-order valence-corrected chi connectivity index (χ2v) is 3.73. The molecule has 92 valence electrons. The van der Waals surface area contributed by atoms with Crippen molar-refractivity contribution in [1.29, 1.82) is 0 Å². The van der Waals surface area contributed by atoms with E-state index in [1.165, 1.54) is 6.20 Å². The number of ether oxygens (including phenoxy) is 2. The lowest BCUT2D eigenvalue weighted by molar-refractivity contribution is 0.112. The van der Waals surface area contributed by atoms with Crippen LogP contribution in [0.25, 0.3) is 0 Å². The summed E-state index contributed by atoms with van der Waals surface area (Å²) in [6.45, 7) is 0.536. The predicted molar refractivity (Wildman–Crippen MR) is 66.9 cm³/mol. The Balaban J connectivity index is 2.12. The number of methoxy groups -OCH3 is 1. The van der Waals surface area contributed by atoms with E-state index in [9.17, 15) is 4.79 Å². The summed E-state index contributed by atoms with van der Waals surface area (Å²) < 4.78 is 10.6. The Labute approximate surface area is 105 Å². The molecule has 2 aromatic rings. The van der Waals surface area contributed by atoms with Crippen molar-refractivity contribution in [2.75, 3.05) is 7.11 Å². The van der Waals surface area contributed by atoms with Crippen molar-refractivity contribution >= 4 is 6.29 Å². The lowest BCUT2D eigenvalue weighted by Crippen LogP contribution is -1.91. The normalized spacial score (nSPS) is 10.1. The van der Waals surface area contributed by atoms with Gasteiger partial charge in [-0.2, -0.15) is 0 Å². The Bertz CT molecular complexity index is 523. The molecule has 0 saturated heterocycles. The molecule has 0 amide bonds. The van der Waals surface area contributed by atoms with Gasteiger partial charge in [0.25, 0.3) is 0 Å². The number of hydrogen-bond donors (Lipinski definition) is 0. The largest absolute Gasteiger partial charge is 0.439 e. The smallest absolute Gasteiger partial charge is 0.219 e. The molecule has 0 atom stereocenters. The maximum atomic E-state index is 10.5. The Morgan fingerprint density at radius 1 is 1.28 bits per heavy atom. The highest BCUT2D eigenvalue weighted by Crippen LogP contribution is 2.20. The number of pyridine rings is 1. The van der Waals surface area contributed by atoms with Crippen molar-refractivity contribution in [2.24, 2.45) is 0 Å². The summed E-state index contributed by atoms with van der Waals surface area (Å²) in [5, 5.41) is 0. The number of aromatic nitrogens is 1. The van der Waals surface area contributed by atoms with Gasteiger partial charge in [0.15, 0.2) is 6.29 Å². The van der Waals surface area contributed by atoms with Gasteiger partial charge in [0, 0.05) is 24.9 Å². The maximum absolute atomic E-state index is 10.5. The van der Waals surface area contributed by atoms with Crippen LogP contribution in [-0.2, 0) is 11.3 Å². The second-order valence-electron chi connectivity index (χ2n) is 3.73. The van der Waals surface area contributed by atoms with Crippen molar-refractivity contribution in [3.63, 3.8) is 0 Å². The van der Waals surface area contributed by atoms with E-state index in [1.807, 2.05) is 24.3 Å². The second kappa shape index (κ2) is 5.93. The average molecular weight is 243 g/mol. The van der Waals surface area contributed by atoms with Crippen molar-refractivity contribution in [1.82, 2.24) is 4.98 Å². The fourth-order valence-corrected chi connectivity index (χ4v) is 1.51. The first kappa shape index (κ1) is 12.3. The van der Waals surface area contributed by atoms with Crippen LogP contribution >= 0.6 is 0 Å². The fraction of sp³-hybridized carbons (Fsp3) is 0.143. The summed E-state index contributed by atoms with van der Waals surface area (Å²) in [4.78, 5) is 14.5. The molecule has 0 aliphatic carbocycles. The lowest BCUT2D eigenvalue weighted by atomic mass is 10.2. The van der Waals surface area contributed by atoms with Crippen LogP contribution in [0.2, 0.25) is 0 Å². The number of hydrogen-bond acceptors (Lipinski definition) is 4. The van der Waals surface area contributed by atoms with E-state index in [-0.39, 0.29) is 0 Å². The van der Waals surface area contributed by atoms with Crippen LogP contribution in [0.3, 0.4) is 0 Å². The van der Waals surface area contributed by atoms with Crippen LogP contribution in [0.1, 0.15) is 15.9 Å². The maximum Gasteiger partial charge on any atom is 0.219 e. The Kier molecular flexibility index (Phi) is 4.04. The molecule has 0 saturated carbocycles. The molecule has 0 unspecified atom stereocenters. The van der Waals surface area contributed by atoms with E-state index in [0.717, 1.165) is 11.8 Å². The zero-order valence-electron chi connectivity index (χ0n) is 10.00.